The Kier molecular flexibility index (Phi) is 13.6. The molecule has 4 saturated carbocycles. The van der Waals surface area contributed by atoms with E-state index in [4.69, 9.17) is 38.3 Å². The van der Waals surface area contributed by atoms with E-state index >= 15 is 0 Å². The van der Waals surface area contributed by atoms with Crippen LogP contribution < -0.4 is 0 Å². The maximum Gasteiger partial charge on any atom is 0.317 e. The van der Waals surface area contributed by atoms with E-state index in [1.807, 2.05) is 6.92 Å². The number of hydrogen-bond donors (Lipinski definition) is 11. The molecule has 11 N–H and O–H groups in total. The molecule has 0 aromatic carbocycles. The molecule has 0 aromatic heterocycles. The molecule has 3 heterocycles. The Bertz CT molecular complexity index is 1680. The van der Waals surface area contributed by atoms with Crippen molar-refractivity contribution in [2.75, 3.05) is 19.8 Å². The van der Waals surface area contributed by atoms with Gasteiger partial charge >= 0.3 is 17.9 Å². The fourth-order valence-electron chi connectivity index (χ4n) is 12.4. The van der Waals surface area contributed by atoms with Crippen LogP contribution in [-0.4, -0.2) is 192 Å². The molecule has 7 aliphatic rings. The van der Waals surface area contributed by atoms with Crippen LogP contribution in [0.1, 0.15) is 78.1 Å². The van der Waals surface area contributed by atoms with Gasteiger partial charge < -0.3 is 89.3 Å². The predicted octanol–water partition coefficient (Wildman–Crippen LogP) is -2.91. The Morgan fingerprint density at radius 1 is 0.710 bits per heavy atom. The first-order valence-electron chi connectivity index (χ1n) is 21.4. The first-order valence-corrected chi connectivity index (χ1v) is 21.4. The molecule has 21 atom stereocenters. The van der Waals surface area contributed by atoms with Gasteiger partial charge in [0.05, 0.1) is 24.2 Å². The quantitative estimate of drug-likeness (QED) is 0.0405. The van der Waals surface area contributed by atoms with E-state index in [-0.39, 0.29) is 17.3 Å². The summed E-state index contributed by atoms with van der Waals surface area (Å²) in [6.45, 7) is 6.35. The maximum atomic E-state index is 14.3. The molecule has 0 amide bonds. The number of carboxylic acids is 1. The number of carbonyl (C=O) groups excluding carboxylic acids is 2. The lowest BCUT2D eigenvalue weighted by Gasteiger charge is -2.64. The second-order valence-electron chi connectivity index (χ2n) is 19.1. The van der Waals surface area contributed by atoms with Crippen LogP contribution in [-0.2, 0) is 47.5 Å². The summed E-state index contributed by atoms with van der Waals surface area (Å²) in [5.41, 5.74) is -2.12. The molecule has 2 bridgehead atoms. The van der Waals surface area contributed by atoms with Crippen molar-refractivity contribution in [2.24, 2.45) is 28.1 Å². The summed E-state index contributed by atoms with van der Waals surface area (Å²) in [7, 11) is 0. The van der Waals surface area contributed by atoms with Gasteiger partial charge in [0, 0.05) is 0 Å². The molecule has 62 heavy (non-hydrogen) atoms. The van der Waals surface area contributed by atoms with Crippen LogP contribution in [0.4, 0.5) is 0 Å². The maximum absolute atomic E-state index is 14.3. The highest BCUT2D eigenvalue weighted by atomic mass is 16.8. The summed E-state index contributed by atoms with van der Waals surface area (Å²) >= 11 is 0. The Labute approximate surface area is 357 Å². The molecule has 7 fully saturated rings. The van der Waals surface area contributed by atoms with Gasteiger partial charge in [-0.05, 0) is 86.5 Å². The number of fused-ring (bicyclic) bond motifs is 3. The second kappa shape index (κ2) is 17.7. The zero-order chi connectivity index (χ0) is 45.3. The lowest BCUT2D eigenvalue weighted by molar-refractivity contribution is -0.378. The predicted molar refractivity (Wildman–Crippen MR) is 203 cm³/mol. The lowest BCUT2D eigenvalue weighted by atomic mass is 9.41. The van der Waals surface area contributed by atoms with Gasteiger partial charge in [0.2, 0.25) is 6.29 Å². The van der Waals surface area contributed by atoms with E-state index in [1.165, 1.54) is 0 Å². The van der Waals surface area contributed by atoms with Gasteiger partial charge in [-0.2, -0.15) is 0 Å². The van der Waals surface area contributed by atoms with E-state index in [2.05, 4.69) is 13.5 Å². The third-order valence-corrected chi connectivity index (χ3v) is 15.5. The Hall–Kier alpha value is -2.45. The number of ether oxygens (including phenoxy) is 7. The second-order valence-corrected chi connectivity index (χ2v) is 19.1. The minimum absolute atomic E-state index is 0.0570. The summed E-state index contributed by atoms with van der Waals surface area (Å²) in [6, 6.07) is 0. The zero-order valence-electron chi connectivity index (χ0n) is 34.7. The lowest BCUT2D eigenvalue weighted by Crippen LogP contribution is -2.65. The number of aliphatic hydroxyl groups excluding tert-OH is 10. The number of aliphatic hydroxyl groups is 10. The molecule has 0 aromatic rings. The van der Waals surface area contributed by atoms with Crippen LogP contribution in [0.5, 0.6) is 0 Å². The van der Waals surface area contributed by atoms with Crippen LogP contribution in [0, 0.1) is 28.1 Å². The Balaban J connectivity index is 1.07. The molecule has 3 saturated heterocycles. The summed E-state index contributed by atoms with van der Waals surface area (Å²) in [4.78, 5) is 37.1. The molecule has 352 valence electrons. The average molecular weight is 891 g/mol. The molecule has 7 unspecified atom stereocenters. The first kappa shape index (κ1) is 47.5. The minimum Gasteiger partial charge on any atom is -0.481 e. The van der Waals surface area contributed by atoms with Crippen molar-refractivity contribution in [3.8, 4) is 0 Å². The van der Waals surface area contributed by atoms with Gasteiger partial charge in [0.25, 0.3) is 0 Å². The highest BCUT2D eigenvalue weighted by molar-refractivity contribution is 5.90. The molecule has 21 heteroatoms. The van der Waals surface area contributed by atoms with Crippen molar-refractivity contribution < 1.29 is 104 Å². The number of esters is 2. The van der Waals surface area contributed by atoms with E-state index in [0.717, 1.165) is 12.0 Å². The van der Waals surface area contributed by atoms with E-state index in [1.54, 1.807) is 0 Å². The summed E-state index contributed by atoms with van der Waals surface area (Å²) < 4.78 is 40.6. The largest absolute Gasteiger partial charge is 0.481 e. The molecule has 3 aliphatic heterocycles. The standard InChI is InChI=1S/C41H62O21/c1-17-12-40-9-5-21-38(2,7-4-8-39(21,3)37(55)61-35-32(54)29(51)27(49)20(59-35)15-56-24(46)11-23(44)45)22(40)6-10-41(17,16-40)62-36-33(30(52)26(48)19(14-43)58-36)60-34-31(53)28(50)25(47)18(13-42)57-34/h18-22,25-36,42-43,47-54H,1,4-16H2,2-3H3,(H,44,45)/t18?,19-,20?,21+,22+,25-,26?,27-,28?,29?,30?,31?,32+,33-,34+,35+,36+,38-,39-,40-,41+/m1/s1. The van der Waals surface area contributed by atoms with Gasteiger partial charge in [-0.1, -0.05) is 19.9 Å². The molecule has 7 rings (SSSR count). The van der Waals surface area contributed by atoms with Gasteiger partial charge in [-0.25, -0.2) is 0 Å². The minimum atomic E-state index is -1.85. The average Bonchev–Trinajstić information content (AvgIpc) is 3.42. The van der Waals surface area contributed by atoms with Crippen molar-refractivity contribution >= 4 is 17.9 Å². The summed E-state index contributed by atoms with van der Waals surface area (Å²) in [5.74, 6) is -3.39. The van der Waals surface area contributed by atoms with Gasteiger partial charge in [0.1, 0.15) is 86.3 Å². The van der Waals surface area contributed by atoms with Gasteiger partial charge in [0.15, 0.2) is 12.6 Å². The molecular weight excluding hydrogens is 828 g/mol. The van der Waals surface area contributed by atoms with Crippen LogP contribution in [0.2, 0.25) is 0 Å². The fourth-order valence-corrected chi connectivity index (χ4v) is 12.4. The molecule has 0 radical (unpaired) electrons. The van der Waals surface area contributed by atoms with Crippen molar-refractivity contribution in [2.45, 2.75) is 176 Å². The topological polar surface area (TPSA) is 338 Å². The SMILES string of the molecule is C=C1C[C@@]23CC[C@H]4[C@@](C)(CCC[C@@]4(C)C(=O)O[C@@H]4OC(COC(=O)CC(=O)O)[C@@H](O)C(O)[C@@H]4O)[C@@H]2CC[C@]1(O[C@@H]1O[C@H](CO)C(O)C(O)[C@H]1O[C@@H]1OC(CO)[C@@H](O)C(O)C1O)C3. The molecule has 21 nitrogen and oxygen atoms in total. The van der Waals surface area contributed by atoms with Crippen molar-refractivity contribution in [1.82, 2.24) is 0 Å². The first-order chi connectivity index (χ1) is 29.1. The Morgan fingerprint density at radius 2 is 1.29 bits per heavy atom. The van der Waals surface area contributed by atoms with E-state index in [9.17, 15) is 65.4 Å². The zero-order valence-corrected chi connectivity index (χ0v) is 34.7. The van der Waals surface area contributed by atoms with E-state index in [0.29, 0.717) is 51.4 Å². The smallest absolute Gasteiger partial charge is 0.317 e. The summed E-state index contributed by atoms with van der Waals surface area (Å²) in [6.07, 6.45) is -20.4. The van der Waals surface area contributed by atoms with E-state index < -0.39 is 153 Å². The number of rotatable bonds is 12. The normalized spacial score (nSPS) is 50.3. The van der Waals surface area contributed by atoms with Crippen molar-refractivity contribution in [1.29, 1.82) is 0 Å². The van der Waals surface area contributed by atoms with Crippen LogP contribution in [0.25, 0.3) is 0 Å². The third kappa shape index (κ3) is 8.12. The number of carboxylic acid groups (broad SMARTS) is 1. The van der Waals surface area contributed by atoms with Crippen molar-refractivity contribution in [3.05, 3.63) is 12.2 Å². The van der Waals surface area contributed by atoms with Crippen LogP contribution in [0.15, 0.2) is 12.2 Å². The third-order valence-electron chi connectivity index (χ3n) is 15.5. The Morgan fingerprint density at radius 3 is 1.94 bits per heavy atom. The number of carbonyl (C=O) groups is 3. The van der Waals surface area contributed by atoms with Gasteiger partial charge in [-0.3, -0.25) is 14.4 Å². The molecule has 1 spiro atoms. The van der Waals surface area contributed by atoms with Crippen molar-refractivity contribution in [3.63, 3.8) is 0 Å². The monoisotopic (exact) mass is 890 g/mol. The highest BCUT2D eigenvalue weighted by Gasteiger charge is 2.69. The van der Waals surface area contributed by atoms with Crippen LogP contribution in [0.3, 0.4) is 0 Å². The fraction of sp³-hybridized carbons (Fsp3) is 0.878. The summed E-state index contributed by atoms with van der Waals surface area (Å²) in [5, 5.41) is 114. The highest BCUT2D eigenvalue weighted by Crippen LogP contribution is 2.73. The number of aliphatic carboxylic acids is 1. The van der Waals surface area contributed by atoms with Crippen LogP contribution >= 0.6 is 0 Å². The molecule has 4 aliphatic carbocycles. The molecular formula is C41H62O21. The van der Waals surface area contributed by atoms with Gasteiger partial charge in [-0.15, -0.1) is 0 Å². The number of hydrogen-bond acceptors (Lipinski definition) is 20.